The van der Waals surface area contributed by atoms with Crippen molar-refractivity contribution in [3.05, 3.63) is 28.8 Å². The first-order valence-electron chi connectivity index (χ1n) is 5.00. The number of hydrogen-bond donors (Lipinski definition) is 1. The molecule has 0 heterocycles. The smallest absolute Gasteiger partial charge is 0.349 e. The van der Waals surface area contributed by atoms with Crippen molar-refractivity contribution in [3.63, 3.8) is 0 Å². The summed E-state index contributed by atoms with van der Waals surface area (Å²) >= 11 is 4.95. The number of benzene rings is 1. The van der Waals surface area contributed by atoms with E-state index in [-0.39, 0.29) is 22.4 Å². The molecule has 3 nitrogen and oxygen atoms in total. The first-order valence-corrected chi connectivity index (χ1v) is 6.93. The molecule has 0 aliphatic heterocycles. The van der Waals surface area contributed by atoms with E-state index in [1.807, 2.05) is 0 Å². The highest BCUT2D eigenvalue weighted by molar-refractivity contribution is 7.84. The second-order valence-electron chi connectivity index (χ2n) is 3.58. The fourth-order valence-corrected chi connectivity index (χ4v) is 3.05. The van der Waals surface area contributed by atoms with Crippen LogP contribution in [-0.4, -0.2) is 21.5 Å². The summed E-state index contributed by atoms with van der Waals surface area (Å²) in [5.41, 5.74) is -0.611. The van der Waals surface area contributed by atoms with Crippen molar-refractivity contribution in [3.8, 4) is 0 Å². The number of carboxylic acid groups (broad SMARTS) is 1. The Morgan fingerprint density at radius 2 is 2.06 bits per heavy atom. The predicted octanol–water partition coefficient (Wildman–Crippen LogP) is 2.97. The Balaban J connectivity index is 3.70. The second kappa shape index (κ2) is 5.32. The lowest BCUT2D eigenvalue weighted by atomic mass is 10.0. The van der Waals surface area contributed by atoms with Gasteiger partial charge >= 0.3 is 11.4 Å². The molecule has 100 valence electrons. The van der Waals surface area contributed by atoms with Gasteiger partial charge in [0.15, 0.2) is 0 Å². The molecular formula is C11H11ClF2O3S. The molecule has 1 aromatic carbocycles. The minimum atomic E-state index is -3.68. The molecule has 0 aliphatic rings. The van der Waals surface area contributed by atoms with E-state index in [1.54, 1.807) is 6.92 Å². The fraction of sp³-hybridized carbons (Fsp3) is 0.364. The zero-order chi connectivity index (χ0) is 14.1. The first kappa shape index (κ1) is 15.0. The molecule has 18 heavy (non-hydrogen) atoms. The zero-order valence-corrected chi connectivity index (χ0v) is 11.2. The molecule has 7 heteroatoms. The van der Waals surface area contributed by atoms with Crippen molar-refractivity contribution >= 4 is 28.4 Å². The molecule has 1 aromatic rings. The average Bonchev–Trinajstić information content (AvgIpc) is 2.25. The van der Waals surface area contributed by atoms with Crippen LogP contribution < -0.4 is 0 Å². The second-order valence-corrected chi connectivity index (χ2v) is 5.37. The third-order valence-electron chi connectivity index (χ3n) is 2.44. The molecule has 0 spiro atoms. The van der Waals surface area contributed by atoms with Crippen LogP contribution in [-0.2, 0) is 22.6 Å². The molecule has 0 saturated carbocycles. The minimum Gasteiger partial charge on any atom is -0.478 e. The average molecular weight is 297 g/mol. The van der Waals surface area contributed by atoms with Gasteiger partial charge in [-0.05, 0) is 35.7 Å². The van der Waals surface area contributed by atoms with E-state index >= 15 is 0 Å². The van der Waals surface area contributed by atoms with E-state index in [0.717, 1.165) is 12.1 Å². The summed E-state index contributed by atoms with van der Waals surface area (Å²) in [5.74, 6) is -1.25. The normalized spacial score (nSPS) is 13.4. The van der Waals surface area contributed by atoms with Crippen LogP contribution in [0.4, 0.5) is 8.78 Å². The van der Waals surface area contributed by atoms with E-state index in [4.69, 9.17) is 16.7 Å². The van der Waals surface area contributed by atoms with E-state index < -0.39 is 27.7 Å². The van der Waals surface area contributed by atoms with Crippen LogP contribution in [0.15, 0.2) is 17.0 Å². The number of carbonyl (C=O) groups is 1. The number of alkyl halides is 3. The van der Waals surface area contributed by atoms with Crippen molar-refractivity contribution in [2.75, 3.05) is 6.26 Å². The van der Waals surface area contributed by atoms with E-state index in [9.17, 15) is 17.8 Å². The van der Waals surface area contributed by atoms with Crippen LogP contribution >= 0.6 is 11.6 Å². The molecular weight excluding hydrogens is 286 g/mol. The maximum atomic E-state index is 13.2. The third-order valence-corrected chi connectivity index (χ3v) is 3.68. The van der Waals surface area contributed by atoms with Gasteiger partial charge in [-0.3, -0.25) is 4.21 Å². The molecule has 0 aliphatic carbocycles. The minimum absolute atomic E-state index is 0.126. The topological polar surface area (TPSA) is 54.4 Å². The van der Waals surface area contributed by atoms with Crippen LogP contribution in [0.25, 0.3) is 0 Å². The summed E-state index contributed by atoms with van der Waals surface area (Å²) in [6.45, 7) is 1.61. The van der Waals surface area contributed by atoms with Gasteiger partial charge in [0.25, 0.3) is 0 Å². The molecule has 0 unspecified atom stereocenters. The predicted molar refractivity (Wildman–Crippen MR) is 64.9 cm³/mol. The van der Waals surface area contributed by atoms with Gasteiger partial charge in [-0.1, -0.05) is 6.92 Å². The monoisotopic (exact) mass is 296 g/mol. The van der Waals surface area contributed by atoms with Gasteiger partial charge in [0.2, 0.25) is 0 Å². The van der Waals surface area contributed by atoms with Crippen LogP contribution in [0, 0.1) is 0 Å². The van der Waals surface area contributed by atoms with Crippen molar-refractivity contribution in [1.82, 2.24) is 0 Å². The highest BCUT2D eigenvalue weighted by atomic mass is 35.5. The summed E-state index contributed by atoms with van der Waals surface area (Å²) in [5, 5.41) is 5.30. The summed E-state index contributed by atoms with van der Waals surface area (Å²) in [6, 6.07) is 1.97. The van der Waals surface area contributed by atoms with Crippen molar-refractivity contribution in [2.24, 2.45) is 0 Å². The molecule has 1 N–H and O–H groups in total. The van der Waals surface area contributed by atoms with E-state index in [1.165, 1.54) is 6.26 Å². The van der Waals surface area contributed by atoms with E-state index in [0.29, 0.717) is 0 Å². The van der Waals surface area contributed by atoms with Gasteiger partial charge in [0.1, 0.15) is 0 Å². The number of aromatic carboxylic acids is 1. The molecule has 1 atom stereocenters. The van der Waals surface area contributed by atoms with Crippen LogP contribution in [0.2, 0.25) is 0 Å². The fourth-order valence-electron chi connectivity index (χ4n) is 1.73. The summed E-state index contributed by atoms with van der Waals surface area (Å²) in [6.07, 6.45) is 1.39. The van der Waals surface area contributed by atoms with Gasteiger partial charge in [-0.25, -0.2) is 4.79 Å². The zero-order valence-electron chi connectivity index (χ0n) is 9.67. The molecule has 0 bridgehead atoms. The summed E-state index contributed by atoms with van der Waals surface area (Å²) in [4.78, 5) is 10.8. The summed E-state index contributed by atoms with van der Waals surface area (Å²) in [7, 11) is -1.75. The SMILES string of the molecule is CCc1c(C(=O)O)ccc(C(F)(F)Cl)c1[S@](C)=O. The van der Waals surface area contributed by atoms with Crippen LogP contribution in [0.1, 0.15) is 28.4 Å². The summed E-state index contributed by atoms with van der Waals surface area (Å²) < 4.78 is 38.0. The molecule has 0 radical (unpaired) electrons. The lowest BCUT2D eigenvalue weighted by Gasteiger charge is -2.17. The highest BCUT2D eigenvalue weighted by Gasteiger charge is 2.34. The molecule has 1 rings (SSSR count). The number of carboxylic acids is 1. The largest absolute Gasteiger partial charge is 0.478 e. The van der Waals surface area contributed by atoms with Crippen LogP contribution in [0.3, 0.4) is 0 Å². The number of halogens is 3. The van der Waals surface area contributed by atoms with E-state index in [2.05, 4.69) is 0 Å². The van der Waals surface area contributed by atoms with Gasteiger partial charge in [-0.2, -0.15) is 8.78 Å². The Bertz CT molecular complexity index is 512. The van der Waals surface area contributed by atoms with Crippen molar-refractivity contribution < 1.29 is 22.9 Å². The maximum Gasteiger partial charge on any atom is 0.349 e. The standard InChI is InChI=1S/C11H11ClF2O3S/c1-3-6-7(10(15)16)4-5-8(11(12,13)14)9(6)18(2)17/h4-5H,3H2,1-2H3,(H,15,16)/t18-/m0/s1. The Morgan fingerprint density at radius 3 is 2.39 bits per heavy atom. The Morgan fingerprint density at radius 1 is 1.50 bits per heavy atom. The van der Waals surface area contributed by atoms with Gasteiger partial charge in [0, 0.05) is 6.26 Å². The molecule has 0 aromatic heterocycles. The number of hydrogen-bond acceptors (Lipinski definition) is 2. The maximum absolute atomic E-state index is 13.2. The van der Waals surface area contributed by atoms with Gasteiger partial charge in [0.05, 0.1) is 26.8 Å². The number of rotatable bonds is 4. The Hall–Kier alpha value is -1.01. The Labute approximate surface area is 110 Å². The van der Waals surface area contributed by atoms with Crippen LogP contribution in [0.5, 0.6) is 0 Å². The quantitative estimate of drug-likeness (QED) is 0.869. The highest BCUT2D eigenvalue weighted by Crippen LogP contribution is 2.38. The molecule has 0 saturated heterocycles. The lowest BCUT2D eigenvalue weighted by Crippen LogP contribution is -2.14. The lowest BCUT2D eigenvalue weighted by molar-refractivity contribution is 0.0692. The van der Waals surface area contributed by atoms with Gasteiger partial charge < -0.3 is 5.11 Å². The molecule has 0 amide bonds. The Kier molecular flexibility index (Phi) is 4.45. The molecule has 0 fully saturated rings. The van der Waals surface area contributed by atoms with Gasteiger partial charge in [-0.15, -0.1) is 0 Å². The van der Waals surface area contributed by atoms with Crippen molar-refractivity contribution in [1.29, 1.82) is 0 Å². The third kappa shape index (κ3) is 2.87. The first-order chi connectivity index (χ1) is 8.20. The van der Waals surface area contributed by atoms with Crippen molar-refractivity contribution in [2.45, 2.75) is 23.6 Å².